The van der Waals surface area contributed by atoms with Crippen molar-refractivity contribution in [3.05, 3.63) is 0 Å². The Balaban J connectivity index is 2.26. The summed E-state index contributed by atoms with van der Waals surface area (Å²) in [6, 6.07) is 0.642. The second-order valence-corrected chi connectivity index (χ2v) is 3.73. The third-order valence-electron chi connectivity index (χ3n) is 2.56. The molecule has 2 nitrogen and oxygen atoms in total. The zero-order chi connectivity index (χ0) is 8.97. The first-order valence-corrected chi connectivity index (χ1v) is 4.59. The van der Waals surface area contributed by atoms with Crippen LogP contribution in [-0.2, 0) is 0 Å². The summed E-state index contributed by atoms with van der Waals surface area (Å²) in [7, 11) is 2.08. The summed E-state index contributed by atoms with van der Waals surface area (Å²) in [6.45, 7) is 5.29. The monoisotopic (exact) mass is 166 g/mol. The van der Waals surface area contributed by atoms with E-state index in [0.717, 1.165) is 25.6 Å². The lowest BCUT2D eigenvalue weighted by molar-refractivity contribution is 0.304. The van der Waals surface area contributed by atoms with Crippen molar-refractivity contribution in [1.82, 2.24) is 10.2 Å². The van der Waals surface area contributed by atoms with Crippen molar-refractivity contribution in [1.29, 1.82) is 0 Å². The Kier molecular flexibility index (Phi) is 3.58. The van der Waals surface area contributed by atoms with Gasteiger partial charge >= 0.3 is 0 Å². The topological polar surface area (TPSA) is 15.3 Å². The molecule has 2 atom stereocenters. The first-order valence-electron chi connectivity index (χ1n) is 4.59. The molecule has 0 aliphatic carbocycles. The minimum absolute atomic E-state index is 0.642. The molecule has 0 aromatic heterocycles. The molecule has 1 saturated heterocycles. The van der Waals surface area contributed by atoms with Gasteiger partial charge in [0.05, 0.1) is 6.54 Å². The van der Waals surface area contributed by atoms with Crippen LogP contribution in [0.2, 0.25) is 0 Å². The Morgan fingerprint density at radius 3 is 2.92 bits per heavy atom. The summed E-state index contributed by atoms with van der Waals surface area (Å²) < 4.78 is 0. The molecule has 1 N–H and O–H groups in total. The maximum absolute atomic E-state index is 5.23. The van der Waals surface area contributed by atoms with Gasteiger partial charge in [-0.3, -0.25) is 4.90 Å². The van der Waals surface area contributed by atoms with Crippen molar-refractivity contribution in [2.24, 2.45) is 5.92 Å². The van der Waals surface area contributed by atoms with E-state index in [9.17, 15) is 0 Å². The van der Waals surface area contributed by atoms with Crippen LogP contribution < -0.4 is 5.32 Å². The van der Waals surface area contributed by atoms with Crippen molar-refractivity contribution in [2.75, 3.05) is 26.7 Å². The maximum Gasteiger partial charge on any atom is 0.0596 e. The number of rotatable bonds is 3. The van der Waals surface area contributed by atoms with E-state index >= 15 is 0 Å². The molecule has 1 aliphatic heterocycles. The summed E-state index contributed by atoms with van der Waals surface area (Å²) in [5.41, 5.74) is 0. The molecule has 1 aliphatic rings. The van der Waals surface area contributed by atoms with E-state index in [4.69, 9.17) is 6.42 Å². The van der Waals surface area contributed by atoms with E-state index in [1.54, 1.807) is 0 Å². The van der Waals surface area contributed by atoms with E-state index in [0.29, 0.717) is 6.04 Å². The first kappa shape index (κ1) is 9.57. The van der Waals surface area contributed by atoms with Gasteiger partial charge in [-0.05, 0) is 25.9 Å². The van der Waals surface area contributed by atoms with E-state index in [2.05, 4.69) is 30.1 Å². The zero-order valence-corrected chi connectivity index (χ0v) is 8.01. The van der Waals surface area contributed by atoms with E-state index in [1.807, 2.05) is 0 Å². The van der Waals surface area contributed by atoms with E-state index < -0.39 is 0 Å². The summed E-state index contributed by atoms with van der Waals surface area (Å²) in [6.07, 6.45) is 6.53. The van der Waals surface area contributed by atoms with Crippen LogP contribution in [0.15, 0.2) is 0 Å². The summed E-state index contributed by atoms with van der Waals surface area (Å²) in [5, 5.41) is 3.49. The molecular weight excluding hydrogens is 148 g/mol. The molecule has 0 saturated carbocycles. The van der Waals surface area contributed by atoms with Crippen molar-refractivity contribution in [3.8, 4) is 12.3 Å². The van der Waals surface area contributed by atoms with Crippen LogP contribution in [0.1, 0.15) is 13.3 Å². The minimum atomic E-state index is 0.642. The van der Waals surface area contributed by atoms with E-state index in [1.165, 1.54) is 6.42 Å². The van der Waals surface area contributed by atoms with Gasteiger partial charge in [0.25, 0.3) is 0 Å². The highest BCUT2D eigenvalue weighted by Crippen LogP contribution is 2.14. The predicted octanol–water partition coefficient (Wildman–Crippen LogP) is 0.549. The average molecular weight is 166 g/mol. The fourth-order valence-corrected chi connectivity index (χ4v) is 1.70. The molecule has 2 unspecified atom stereocenters. The lowest BCUT2D eigenvalue weighted by atomic mass is 10.0. The third-order valence-corrected chi connectivity index (χ3v) is 2.56. The number of nitrogens with one attached hydrogen (secondary N) is 1. The van der Waals surface area contributed by atoms with Gasteiger partial charge in [-0.1, -0.05) is 12.8 Å². The standard InChI is InChI=1S/C10H18N2/c1-4-7-12(3)8-10-9(2)5-6-11-10/h1,9-11H,5-8H2,2-3H3. The van der Waals surface area contributed by atoms with Gasteiger partial charge in [-0.2, -0.15) is 0 Å². The Morgan fingerprint density at radius 2 is 2.42 bits per heavy atom. The number of likely N-dealkylation sites (N-methyl/N-ethyl adjacent to an activating group) is 1. The predicted molar refractivity (Wildman–Crippen MR) is 51.9 cm³/mol. The zero-order valence-electron chi connectivity index (χ0n) is 8.01. The van der Waals surface area contributed by atoms with Crippen LogP contribution in [0.3, 0.4) is 0 Å². The Labute approximate surface area is 75.3 Å². The van der Waals surface area contributed by atoms with Crippen LogP contribution in [0, 0.1) is 18.3 Å². The van der Waals surface area contributed by atoms with Crippen LogP contribution in [0.4, 0.5) is 0 Å². The average Bonchev–Trinajstić information content (AvgIpc) is 2.37. The first-order chi connectivity index (χ1) is 5.74. The van der Waals surface area contributed by atoms with Gasteiger partial charge in [0.15, 0.2) is 0 Å². The second kappa shape index (κ2) is 4.49. The summed E-state index contributed by atoms with van der Waals surface area (Å²) >= 11 is 0. The van der Waals surface area contributed by atoms with Crippen LogP contribution >= 0.6 is 0 Å². The Bertz CT molecular complexity index is 171. The van der Waals surface area contributed by atoms with Gasteiger partial charge in [0, 0.05) is 12.6 Å². The number of hydrogen-bond acceptors (Lipinski definition) is 2. The molecule has 0 radical (unpaired) electrons. The molecule has 2 heteroatoms. The highest BCUT2D eigenvalue weighted by molar-refractivity contribution is 4.90. The highest BCUT2D eigenvalue weighted by atomic mass is 15.1. The van der Waals surface area contributed by atoms with Crippen LogP contribution in [-0.4, -0.2) is 37.6 Å². The van der Waals surface area contributed by atoms with Crippen molar-refractivity contribution >= 4 is 0 Å². The van der Waals surface area contributed by atoms with Crippen molar-refractivity contribution < 1.29 is 0 Å². The summed E-state index contributed by atoms with van der Waals surface area (Å²) in [5.74, 6) is 3.45. The molecule has 68 valence electrons. The number of terminal acetylenes is 1. The molecular formula is C10H18N2. The molecule has 12 heavy (non-hydrogen) atoms. The lowest BCUT2D eigenvalue weighted by Gasteiger charge is -2.21. The smallest absolute Gasteiger partial charge is 0.0596 e. The quantitative estimate of drug-likeness (QED) is 0.616. The number of hydrogen-bond donors (Lipinski definition) is 1. The molecule has 0 spiro atoms. The second-order valence-electron chi connectivity index (χ2n) is 3.73. The Morgan fingerprint density at radius 1 is 1.67 bits per heavy atom. The minimum Gasteiger partial charge on any atom is -0.312 e. The fraction of sp³-hybridized carbons (Fsp3) is 0.800. The van der Waals surface area contributed by atoms with Crippen LogP contribution in [0.5, 0.6) is 0 Å². The van der Waals surface area contributed by atoms with Gasteiger partial charge in [0.1, 0.15) is 0 Å². The summed E-state index contributed by atoms with van der Waals surface area (Å²) in [4.78, 5) is 2.19. The SMILES string of the molecule is C#CCN(C)CC1NCCC1C. The fourth-order valence-electron chi connectivity index (χ4n) is 1.70. The molecule has 1 heterocycles. The Hall–Kier alpha value is -0.520. The largest absolute Gasteiger partial charge is 0.312 e. The van der Waals surface area contributed by atoms with Crippen LogP contribution in [0.25, 0.3) is 0 Å². The van der Waals surface area contributed by atoms with Gasteiger partial charge < -0.3 is 5.32 Å². The third kappa shape index (κ3) is 2.51. The van der Waals surface area contributed by atoms with Crippen molar-refractivity contribution in [3.63, 3.8) is 0 Å². The normalized spacial score (nSPS) is 29.2. The molecule has 0 aromatic rings. The number of nitrogens with zero attached hydrogens (tertiary/aromatic N) is 1. The molecule has 0 bridgehead atoms. The molecule has 0 aromatic carbocycles. The maximum atomic E-state index is 5.23. The lowest BCUT2D eigenvalue weighted by Crippen LogP contribution is -2.38. The highest BCUT2D eigenvalue weighted by Gasteiger charge is 2.23. The molecule has 1 fully saturated rings. The van der Waals surface area contributed by atoms with Gasteiger partial charge in [-0.25, -0.2) is 0 Å². The molecule has 1 rings (SSSR count). The molecule has 0 amide bonds. The van der Waals surface area contributed by atoms with E-state index in [-0.39, 0.29) is 0 Å². The van der Waals surface area contributed by atoms with Crippen molar-refractivity contribution in [2.45, 2.75) is 19.4 Å². The van der Waals surface area contributed by atoms with Gasteiger partial charge in [0.2, 0.25) is 0 Å². The van der Waals surface area contributed by atoms with Gasteiger partial charge in [-0.15, -0.1) is 6.42 Å².